The van der Waals surface area contributed by atoms with Gasteiger partial charge in [-0.15, -0.1) is 0 Å². The van der Waals surface area contributed by atoms with E-state index in [1.807, 2.05) is 0 Å². The highest BCUT2D eigenvalue weighted by molar-refractivity contribution is 4.92. The van der Waals surface area contributed by atoms with Crippen molar-refractivity contribution in [3.05, 3.63) is 0 Å². The Hall–Kier alpha value is -0.200. The molecule has 0 radical (unpaired) electrons. The fourth-order valence-corrected chi connectivity index (χ4v) is 3.68. The molecule has 5 nitrogen and oxygen atoms in total. The maximum absolute atomic E-state index is 6.07. The summed E-state index contributed by atoms with van der Waals surface area (Å²) in [7, 11) is 0. The summed E-state index contributed by atoms with van der Waals surface area (Å²) in [6, 6.07) is 0.935. The van der Waals surface area contributed by atoms with Gasteiger partial charge in [0, 0.05) is 25.8 Å². The standard InChI is InChI=1S/C13H25N3O2/c14-15-13(10-3-6-17-7-4-10)12-8-16-5-1-2-11(16)9-18-12/h10-13,15H,1-9,14H2. The molecule has 0 spiro atoms. The number of hydrogen-bond acceptors (Lipinski definition) is 5. The van der Waals surface area contributed by atoms with Gasteiger partial charge in [-0.25, -0.2) is 0 Å². The van der Waals surface area contributed by atoms with E-state index in [-0.39, 0.29) is 12.1 Å². The zero-order chi connectivity index (χ0) is 12.4. The molecule has 0 saturated carbocycles. The van der Waals surface area contributed by atoms with Gasteiger partial charge in [-0.05, 0) is 38.1 Å². The molecule has 3 aliphatic heterocycles. The molecule has 3 heterocycles. The molecular formula is C13H25N3O2. The van der Waals surface area contributed by atoms with Crippen LogP contribution in [0, 0.1) is 5.92 Å². The van der Waals surface area contributed by atoms with Gasteiger partial charge in [-0.3, -0.25) is 16.2 Å². The predicted molar refractivity (Wildman–Crippen MR) is 69.0 cm³/mol. The highest BCUT2D eigenvalue weighted by atomic mass is 16.5. The fourth-order valence-electron chi connectivity index (χ4n) is 3.68. The first-order valence-corrected chi connectivity index (χ1v) is 7.28. The van der Waals surface area contributed by atoms with E-state index in [1.165, 1.54) is 19.4 Å². The Bertz CT molecular complexity index is 271. The van der Waals surface area contributed by atoms with Crippen molar-refractivity contribution < 1.29 is 9.47 Å². The molecule has 3 atom stereocenters. The number of rotatable bonds is 3. The van der Waals surface area contributed by atoms with Crippen LogP contribution < -0.4 is 11.3 Å². The average Bonchev–Trinajstić information content (AvgIpc) is 2.88. The molecule has 0 bridgehead atoms. The number of hydrazine groups is 1. The molecule has 5 heteroatoms. The second-order valence-electron chi connectivity index (χ2n) is 5.81. The van der Waals surface area contributed by atoms with Crippen LogP contribution in [-0.2, 0) is 9.47 Å². The van der Waals surface area contributed by atoms with Crippen LogP contribution >= 0.6 is 0 Å². The van der Waals surface area contributed by atoms with Gasteiger partial charge in [0.05, 0.1) is 18.8 Å². The third kappa shape index (κ3) is 2.56. The van der Waals surface area contributed by atoms with E-state index in [4.69, 9.17) is 15.3 Å². The van der Waals surface area contributed by atoms with E-state index >= 15 is 0 Å². The highest BCUT2D eigenvalue weighted by Gasteiger charge is 2.38. The van der Waals surface area contributed by atoms with Crippen LogP contribution in [-0.4, -0.2) is 56.0 Å². The predicted octanol–water partition coefficient (Wildman–Crippen LogP) is 0.108. The Labute approximate surface area is 109 Å². The van der Waals surface area contributed by atoms with Crippen LogP contribution in [0.5, 0.6) is 0 Å². The average molecular weight is 255 g/mol. The number of morpholine rings is 1. The lowest BCUT2D eigenvalue weighted by Crippen LogP contribution is -2.58. The van der Waals surface area contributed by atoms with Gasteiger partial charge in [0.2, 0.25) is 0 Å². The van der Waals surface area contributed by atoms with Crippen molar-refractivity contribution >= 4 is 0 Å². The van der Waals surface area contributed by atoms with Crippen LogP contribution in [0.25, 0.3) is 0 Å². The van der Waals surface area contributed by atoms with Crippen LogP contribution in [0.1, 0.15) is 25.7 Å². The fraction of sp³-hybridized carbons (Fsp3) is 1.00. The second kappa shape index (κ2) is 5.84. The summed E-state index contributed by atoms with van der Waals surface area (Å²) in [5, 5.41) is 0. The number of hydrogen-bond donors (Lipinski definition) is 2. The first kappa shape index (κ1) is 12.8. The number of nitrogens with zero attached hydrogens (tertiary/aromatic N) is 1. The Balaban J connectivity index is 1.60. The highest BCUT2D eigenvalue weighted by Crippen LogP contribution is 2.28. The first-order valence-electron chi connectivity index (χ1n) is 7.28. The van der Waals surface area contributed by atoms with E-state index in [0.717, 1.165) is 39.2 Å². The summed E-state index contributed by atoms with van der Waals surface area (Å²) < 4.78 is 11.5. The molecule has 3 saturated heterocycles. The molecule has 3 fully saturated rings. The van der Waals surface area contributed by atoms with Gasteiger partial charge >= 0.3 is 0 Å². The minimum absolute atomic E-state index is 0.243. The van der Waals surface area contributed by atoms with Crippen molar-refractivity contribution in [3.63, 3.8) is 0 Å². The van der Waals surface area contributed by atoms with Crippen LogP contribution in [0.15, 0.2) is 0 Å². The Morgan fingerprint density at radius 1 is 1.22 bits per heavy atom. The van der Waals surface area contributed by atoms with Gasteiger partial charge in [0.1, 0.15) is 0 Å². The maximum atomic E-state index is 6.07. The molecule has 3 aliphatic rings. The summed E-state index contributed by atoms with van der Waals surface area (Å²) in [6.07, 6.45) is 5.05. The lowest BCUT2D eigenvalue weighted by Gasteiger charge is -2.42. The molecule has 104 valence electrons. The number of ether oxygens (including phenoxy) is 2. The molecule has 3 N–H and O–H groups in total. The topological polar surface area (TPSA) is 59.8 Å². The minimum atomic E-state index is 0.243. The number of nitrogens with two attached hydrogens (primary N) is 1. The first-order chi connectivity index (χ1) is 8.88. The van der Waals surface area contributed by atoms with Crippen molar-refractivity contribution in [2.45, 2.75) is 43.9 Å². The molecule has 0 aromatic heterocycles. The van der Waals surface area contributed by atoms with E-state index in [1.54, 1.807) is 0 Å². The number of nitrogens with one attached hydrogen (secondary N) is 1. The summed E-state index contributed by atoms with van der Waals surface area (Å²) in [5.74, 6) is 6.37. The van der Waals surface area contributed by atoms with Gasteiger partial charge in [-0.2, -0.15) is 0 Å². The van der Waals surface area contributed by atoms with E-state index in [2.05, 4.69) is 10.3 Å². The quantitative estimate of drug-likeness (QED) is 0.553. The Morgan fingerprint density at radius 2 is 2.06 bits per heavy atom. The molecular weight excluding hydrogens is 230 g/mol. The second-order valence-corrected chi connectivity index (χ2v) is 5.81. The zero-order valence-corrected chi connectivity index (χ0v) is 11.0. The zero-order valence-electron chi connectivity index (χ0n) is 11.0. The monoisotopic (exact) mass is 255 g/mol. The van der Waals surface area contributed by atoms with Crippen molar-refractivity contribution in [2.75, 3.05) is 32.9 Å². The van der Waals surface area contributed by atoms with Gasteiger partial charge in [0.15, 0.2) is 0 Å². The van der Waals surface area contributed by atoms with Crippen molar-refractivity contribution in [3.8, 4) is 0 Å². The van der Waals surface area contributed by atoms with Crippen molar-refractivity contribution in [1.82, 2.24) is 10.3 Å². The third-order valence-corrected chi connectivity index (χ3v) is 4.78. The summed E-state index contributed by atoms with van der Waals surface area (Å²) in [6.45, 7) is 4.88. The third-order valence-electron chi connectivity index (χ3n) is 4.78. The van der Waals surface area contributed by atoms with E-state index in [0.29, 0.717) is 12.0 Å². The molecule has 0 amide bonds. The SMILES string of the molecule is NNC(C1CCOCC1)C1CN2CCCC2CO1. The molecule has 18 heavy (non-hydrogen) atoms. The van der Waals surface area contributed by atoms with Crippen LogP contribution in [0.2, 0.25) is 0 Å². The minimum Gasteiger partial charge on any atom is -0.381 e. The van der Waals surface area contributed by atoms with Crippen molar-refractivity contribution in [2.24, 2.45) is 11.8 Å². The molecule has 3 unspecified atom stereocenters. The molecule has 0 aromatic rings. The molecule has 0 aromatic carbocycles. The summed E-state index contributed by atoms with van der Waals surface area (Å²) in [4.78, 5) is 2.58. The lowest BCUT2D eigenvalue weighted by atomic mass is 9.88. The summed E-state index contributed by atoms with van der Waals surface area (Å²) in [5.41, 5.74) is 3.01. The molecule has 3 rings (SSSR count). The van der Waals surface area contributed by atoms with Crippen molar-refractivity contribution in [1.29, 1.82) is 0 Å². The van der Waals surface area contributed by atoms with Crippen LogP contribution in [0.3, 0.4) is 0 Å². The lowest BCUT2D eigenvalue weighted by molar-refractivity contribution is -0.0819. The normalized spacial score (nSPS) is 36.5. The van der Waals surface area contributed by atoms with Gasteiger partial charge in [0.25, 0.3) is 0 Å². The Kier molecular flexibility index (Phi) is 4.16. The maximum Gasteiger partial charge on any atom is 0.0871 e. The van der Waals surface area contributed by atoms with E-state index < -0.39 is 0 Å². The van der Waals surface area contributed by atoms with Gasteiger partial charge < -0.3 is 9.47 Å². The molecule has 0 aliphatic carbocycles. The Morgan fingerprint density at radius 3 is 2.83 bits per heavy atom. The number of fused-ring (bicyclic) bond motifs is 1. The van der Waals surface area contributed by atoms with Crippen LogP contribution in [0.4, 0.5) is 0 Å². The smallest absolute Gasteiger partial charge is 0.0871 e. The largest absolute Gasteiger partial charge is 0.381 e. The van der Waals surface area contributed by atoms with E-state index in [9.17, 15) is 0 Å². The summed E-state index contributed by atoms with van der Waals surface area (Å²) >= 11 is 0. The van der Waals surface area contributed by atoms with Gasteiger partial charge in [-0.1, -0.05) is 0 Å².